The maximum absolute atomic E-state index is 12.4. The Morgan fingerprint density at radius 2 is 1.87 bits per heavy atom. The molecule has 0 radical (unpaired) electrons. The van der Waals surface area contributed by atoms with Gasteiger partial charge in [0.25, 0.3) is 5.91 Å². The molecule has 0 aliphatic rings. The van der Waals surface area contributed by atoms with Crippen molar-refractivity contribution in [3.8, 4) is 0 Å². The molecule has 0 unspecified atom stereocenters. The first-order valence-electron chi connectivity index (χ1n) is 7.68. The molecule has 0 atom stereocenters. The number of hydrogen-bond donors (Lipinski definition) is 2. The van der Waals surface area contributed by atoms with Crippen LogP contribution in [0.4, 0.5) is 0 Å². The summed E-state index contributed by atoms with van der Waals surface area (Å²) in [6.07, 6.45) is 3.00. The quantitative estimate of drug-likeness (QED) is 0.732. The van der Waals surface area contributed by atoms with E-state index in [9.17, 15) is 13.2 Å². The molecule has 0 aromatic heterocycles. The van der Waals surface area contributed by atoms with Crippen LogP contribution in [-0.2, 0) is 10.0 Å². The van der Waals surface area contributed by atoms with E-state index in [0.29, 0.717) is 6.54 Å². The Kier molecular flexibility index (Phi) is 7.04. The number of sulfonamides is 1. The number of rotatable bonds is 7. The second kappa shape index (κ2) is 8.13. The summed E-state index contributed by atoms with van der Waals surface area (Å²) in [6, 6.07) is 4.26. The molecule has 1 rings (SSSR count). The van der Waals surface area contributed by atoms with Crippen molar-refractivity contribution in [1.82, 2.24) is 10.0 Å². The van der Waals surface area contributed by atoms with E-state index in [1.807, 2.05) is 0 Å². The molecule has 0 spiro atoms. The highest BCUT2D eigenvalue weighted by molar-refractivity contribution is 7.89. The highest BCUT2D eigenvalue weighted by Crippen LogP contribution is 2.24. The number of carbonyl (C=O) groups excluding carboxylic acids is 1. The van der Waals surface area contributed by atoms with Gasteiger partial charge in [0.2, 0.25) is 10.0 Å². The first kappa shape index (κ1) is 19.9. The van der Waals surface area contributed by atoms with Gasteiger partial charge >= 0.3 is 0 Å². The zero-order valence-electron chi connectivity index (χ0n) is 14.1. The van der Waals surface area contributed by atoms with Gasteiger partial charge in [0.05, 0.1) is 5.02 Å². The highest BCUT2D eigenvalue weighted by Gasteiger charge is 2.25. The summed E-state index contributed by atoms with van der Waals surface area (Å²) in [4.78, 5) is 12.0. The van der Waals surface area contributed by atoms with E-state index in [4.69, 9.17) is 11.6 Å². The van der Waals surface area contributed by atoms with Crippen LogP contribution in [0.2, 0.25) is 5.02 Å². The van der Waals surface area contributed by atoms with Gasteiger partial charge < -0.3 is 5.32 Å². The van der Waals surface area contributed by atoms with Gasteiger partial charge in [-0.15, -0.1) is 0 Å². The first-order chi connectivity index (χ1) is 10.6. The summed E-state index contributed by atoms with van der Waals surface area (Å²) in [5.74, 6) is -0.301. The molecule has 0 bridgehead atoms. The number of hydrogen-bond acceptors (Lipinski definition) is 3. The molecule has 23 heavy (non-hydrogen) atoms. The van der Waals surface area contributed by atoms with Crippen LogP contribution in [0, 0.1) is 0 Å². The van der Waals surface area contributed by atoms with Crippen LogP contribution >= 0.6 is 11.6 Å². The molecular formula is C16H25ClN2O3S. The summed E-state index contributed by atoms with van der Waals surface area (Å²) in [5, 5.41) is 2.87. The number of carbonyl (C=O) groups is 1. The molecule has 0 aliphatic heterocycles. The minimum atomic E-state index is -3.80. The molecule has 7 heteroatoms. The fourth-order valence-electron chi connectivity index (χ4n) is 1.99. The lowest BCUT2D eigenvalue weighted by atomic mass is 10.1. The second-order valence-corrected chi connectivity index (χ2v) is 8.52. The van der Waals surface area contributed by atoms with Crippen LogP contribution < -0.4 is 10.0 Å². The first-order valence-corrected chi connectivity index (χ1v) is 9.54. The maximum Gasteiger partial charge on any atom is 0.251 e. The minimum Gasteiger partial charge on any atom is -0.352 e. The van der Waals surface area contributed by atoms with E-state index in [0.717, 1.165) is 19.3 Å². The van der Waals surface area contributed by atoms with E-state index in [2.05, 4.69) is 17.0 Å². The molecule has 0 saturated heterocycles. The van der Waals surface area contributed by atoms with Crippen molar-refractivity contribution >= 4 is 27.5 Å². The van der Waals surface area contributed by atoms with Crippen molar-refractivity contribution < 1.29 is 13.2 Å². The van der Waals surface area contributed by atoms with Gasteiger partial charge in [-0.2, -0.15) is 0 Å². The molecular weight excluding hydrogens is 336 g/mol. The number of amides is 1. The van der Waals surface area contributed by atoms with E-state index in [1.54, 1.807) is 20.8 Å². The Labute approximate surface area is 143 Å². The fourth-order valence-corrected chi connectivity index (χ4v) is 3.93. The number of benzene rings is 1. The van der Waals surface area contributed by atoms with E-state index >= 15 is 0 Å². The SMILES string of the molecule is CCCCCNC(=O)c1ccc(Cl)c(S(=O)(=O)NC(C)(C)C)c1. The van der Waals surface area contributed by atoms with Crippen LogP contribution in [-0.4, -0.2) is 26.4 Å². The molecule has 1 aromatic carbocycles. The van der Waals surface area contributed by atoms with Crippen LogP contribution in [0.25, 0.3) is 0 Å². The van der Waals surface area contributed by atoms with Gasteiger partial charge in [-0.1, -0.05) is 31.4 Å². The average Bonchev–Trinajstić information content (AvgIpc) is 2.41. The Morgan fingerprint density at radius 3 is 2.43 bits per heavy atom. The molecule has 0 saturated carbocycles. The molecule has 0 aliphatic carbocycles. The van der Waals surface area contributed by atoms with Crippen molar-refractivity contribution in [2.75, 3.05) is 6.54 Å². The van der Waals surface area contributed by atoms with E-state index < -0.39 is 15.6 Å². The van der Waals surface area contributed by atoms with Crippen LogP contribution in [0.3, 0.4) is 0 Å². The molecule has 0 fully saturated rings. The molecule has 2 N–H and O–H groups in total. The van der Waals surface area contributed by atoms with Crippen molar-refractivity contribution in [2.24, 2.45) is 0 Å². The van der Waals surface area contributed by atoms with Crippen molar-refractivity contribution in [1.29, 1.82) is 0 Å². The third-order valence-corrected chi connectivity index (χ3v) is 5.23. The molecule has 5 nitrogen and oxygen atoms in total. The number of nitrogens with one attached hydrogen (secondary N) is 2. The number of unbranched alkanes of at least 4 members (excludes halogenated alkanes) is 2. The maximum atomic E-state index is 12.4. The summed E-state index contributed by atoms with van der Waals surface area (Å²) < 4.78 is 27.4. The standard InChI is InChI=1S/C16H25ClN2O3S/c1-5-6-7-10-18-15(20)12-8-9-13(17)14(11-12)23(21,22)19-16(2,3)4/h8-9,11,19H,5-7,10H2,1-4H3,(H,18,20). The summed E-state index contributed by atoms with van der Waals surface area (Å²) in [5.41, 5.74) is -0.360. The third-order valence-electron chi connectivity index (χ3n) is 2.99. The second-order valence-electron chi connectivity index (χ2n) is 6.46. The molecule has 1 amide bonds. The largest absolute Gasteiger partial charge is 0.352 e. The predicted molar refractivity (Wildman–Crippen MR) is 93.4 cm³/mol. The van der Waals surface area contributed by atoms with Crippen molar-refractivity contribution in [3.05, 3.63) is 28.8 Å². The Hall–Kier alpha value is -1.11. The smallest absolute Gasteiger partial charge is 0.251 e. The Morgan fingerprint density at radius 1 is 1.22 bits per heavy atom. The topological polar surface area (TPSA) is 75.3 Å². The minimum absolute atomic E-state index is 0.0873. The van der Waals surface area contributed by atoms with Gasteiger partial charge in [0.1, 0.15) is 4.90 Å². The normalized spacial score (nSPS) is 12.2. The van der Waals surface area contributed by atoms with Gasteiger partial charge in [0.15, 0.2) is 0 Å². The molecule has 130 valence electrons. The van der Waals surface area contributed by atoms with Gasteiger partial charge in [0, 0.05) is 17.6 Å². The average molecular weight is 361 g/mol. The van der Waals surface area contributed by atoms with Gasteiger partial charge in [-0.25, -0.2) is 13.1 Å². The van der Waals surface area contributed by atoms with Crippen LogP contribution in [0.1, 0.15) is 57.3 Å². The van der Waals surface area contributed by atoms with Gasteiger partial charge in [-0.05, 0) is 45.4 Å². The zero-order valence-corrected chi connectivity index (χ0v) is 15.6. The number of halogens is 1. The van der Waals surface area contributed by atoms with E-state index in [-0.39, 0.29) is 21.4 Å². The lowest BCUT2D eigenvalue weighted by Gasteiger charge is -2.21. The summed E-state index contributed by atoms with van der Waals surface area (Å²) in [6.45, 7) is 7.87. The lowest BCUT2D eigenvalue weighted by molar-refractivity contribution is 0.0952. The third kappa shape index (κ3) is 6.49. The summed E-state index contributed by atoms with van der Waals surface area (Å²) in [7, 11) is -3.80. The predicted octanol–water partition coefficient (Wildman–Crippen LogP) is 3.34. The monoisotopic (exact) mass is 360 g/mol. The Balaban J connectivity index is 2.97. The van der Waals surface area contributed by atoms with Crippen molar-refractivity contribution in [2.45, 2.75) is 57.4 Å². The van der Waals surface area contributed by atoms with E-state index in [1.165, 1.54) is 18.2 Å². The fraction of sp³-hybridized carbons (Fsp3) is 0.562. The zero-order chi connectivity index (χ0) is 17.7. The molecule has 0 heterocycles. The van der Waals surface area contributed by atoms with Crippen LogP contribution in [0.5, 0.6) is 0 Å². The summed E-state index contributed by atoms with van der Waals surface area (Å²) >= 11 is 6.01. The van der Waals surface area contributed by atoms with Gasteiger partial charge in [-0.3, -0.25) is 4.79 Å². The highest BCUT2D eigenvalue weighted by atomic mass is 35.5. The van der Waals surface area contributed by atoms with Crippen molar-refractivity contribution in [3.63, 3.8) is 0 Å². The molecule has 1 aromatic rings. The Bertz CT molecular complexity index is 652. The lowest BCUT2D eigenvalue weighted by Crippen LogP contribution is -2.40. The van der Waals surface area contributed by atoms with Crippen LogP contribution in [0.15, 0.2) is 23.1 Å².